The molecule has 0 spiro atoms. The molecule has 1 aromatic heterocycles. The minimum atomic E-state index is 0.336. The Balaban J connectivity index is 1.93. The maximum Gasteiger partial charge on any atom is 0.227 e. The molecule has 0 radical (unpaired) electrons. The fourth-order valence-electron chi connectivity index (χ4n) is 2.04. The van der Waals surface area contributed by atoms with Crippen LogP contribution in [0.15, 0.2) is 12.3 Å². The van der Waals surface area contributed by atoms with Gasteiger partial charge in [0.05, 0.1) is 0 Å². The van der Waals surface area contributed by atoms with Gasteiger partial charge in [-0.3, -0.25) is 4.79 Å². The number of hydrogen-bond acceptors (Lipinski definition) is 5. The Bertz CT molecular complexity index is 423. The topological polar surface area (TPSA) is 58.1 Å². The van der Waals surface area contributed by atoms with Gasteiger partial charge in [0.1, 0.15) is 11.6 Å². The first-order chi connectivity index (χ1) is 9.15. The largest absolute Gasteiger partial charge is 0.370 e. The average molecular weight is 262 g/mol. The number of anilines is 2. The van der Waals surface area contributed by atoms with E-state index in [0.717, 1.165) is 37.8 Å². The summed E-state index contributed by atoms with van der Waals surface area (Å²) in [4.78, 5) is 22.1. The minimum Gasteiger partial charge on any atom is -0.370 e. The van der Waals surface area contributed by atoms with E-state index >= 15 is 0 Å². The van der Waals surface area contributed by atoms with Crippen LogP contribution in [-0.2, 0) is 4.79 Å². The maximum absolute atomic E-state index is 11.2. The molecule has 5 nitrogen and oxygen atoms in total. The lowest BCUT2D eigenvalue weighted by Crippen LogP contribution is -2.35. The lowest BCUT2D eigenvalue weighted by molar-refractivity contribution is -0.119. The molecule has 1 aromatic rings. The maximum atomic E-state index is 11.2. The predicted molar refractivity (Wildman–Crippen MR) is 76.4 cm³/mol. The van der Waals surface area contributed by atoms with Crippen molar-refractivity contribution in [2.75, 3.05) is 29.9 Å². The van der Waals surface area contributed by atoms with Crippen molar-refractivity contribution in [3.05, 3.63) is 12.3 Å². The van der Waals surface area contributed by atoms with Gasteiger partial charge < -0.3 is 10.2 Å². The van der Waals surface area contributed by atoms with Gasteiger partial charge in [0.15, 0.2) is 0 Å². The number of aromatic nitrogens is 2. The van der Waals surface area contributed by atoms with Crippen molar-refractivity contribution < 1.29 is 4.79 Å². The van der Waals surface area contributed by atoms with Gasteiger partial charge in [-0.15, -0.1) is 0 Å². The van der Waals surface area contributed by atoms with Gasteiger partial charge in [-0.05, 0) is 18.4 Å². The van der Waals surface area contributed by atoms with Crippen molar-refractivity contribution in [3.63, 3.8) is 0 Å². The van der Waals surface area contributed by atoms with Gasteiger partial charge in [0, 0.05) is 38.7 Å². The van der Waals surface area contributed by atoms with Crippen LogP contribution >= 0.6 is 0 Å². The monoisotopic (exact) mass is 262 g/mol. The highest BCUT2D eigenvalue weighted by Gasteiger charge is 2.18. The fraction of sp³-hybridized carbons (Fsp3) is 0.643. The van der Waals surface area contributed by atoms with E-state index in [9.17, 15) is 4.79 Å². The Hall–Kier alpha value is -1.65. The molecule has 1 fully saturated rings. The molecule has 0 aromatic carbocycles. The molecule has 1 N–H and O–H groups in total. The molecule has 0 atom stereocenters. The first kappa shape index (κ1) is 13.8. The number of Topliss-reactive ketones (excluding diaryl/α,β-unsaturated/α-hetero) is 1. The summed E-state index contributed by atoms with van der Waals surface area (Å²) in [6.45, 7) is 6.80. The Morgan fingerprint density at radius 2 is 2.11 bits per heavy atom. The summed E-state index contributed by atoms with van der Waals surface area (Å²) >= 11 is 0. The highest BCUT2D eigenvalue weighted by molar-refractivity contribution is 5.80. The number of hydrogen-bond donors (Lipinski definition) is 1. The third-order valence-electron chi connectivity index (χ3n) is 3.27. The number of nitrogens with one attached hydrogen (secondary N) is 1. The van der Waals surface area contributed by atoms with Gasteiger partial charge in [-0.25, -0.2) is 4.98 Å². The van der Waals surface area contributed by atoms with Crippen molar-refractivity contribution in [2.24, 2.45) is 5.92 Å². The van der Waals surface area contributed by atoms with Crippen LogP contribution in [0.1, 0.15) is 33.1 Å². The lowest BCUT2D eigenvalue weighted by atomic mass is 10.1. The predicted octanol–water partition coefficient (Wildman–Crippen LogP) is 2.10. The number of piperidine rings is 1. The second-order valence-corrected chi connectivity index (χ2v) is 5.38. The van der Waals surface area contributed by atoms with Gasteiger partial charge in [0.25, 0.3) is 0 Å². The molecule has 0 amide bonds. The summed E-state index contributed by atoms with van der Waals surface area (Å²) < 4.78 is 0. The Kier molecular flexibility index (Phi) is 4.71. The second-order valence-electron chi connectivity index (χ2n) is 5.38. The molecular weight excluding hydrogens is 240 g/mol. The molecule has 0 saturated carbocycles. The van der Waals surface area contributed by atoms with Crippen LogP contribution in [0.4, 0.5) is 11.8 Å². The van der Waals surface area contributed by atoms with Crippen LogP contribution in [0, 0.1) is 5.92 Å². The molecule has 5 heteroatoms. The van der Waals surface area contributed by atoms with Gasteiger partial charge in [-0.2, -0.15) is 4.98 Å². The molecule has 104 valence electrons. The Labute approximate surface area is 114 Å². The minimum absolute atomic E-state index is 0.336. The van der Waals surface area contributed by atoms with Crippen LogP contribution in [0.5, 0.6) is 0 Å². The van der Waals surface area contributed by atoms with Crippen molar-refractivity contribution >= 4 is 17.5 Å². The van der Waals surface area contributed by atoms with Gasteiger partial charge in [-0.1, -0.05) is 13.8 Å². The summed E-state index contributed by atoms with van der Waals surface area (Å²) in [5, 5.41) is 3.32. The van der Waals surface area contributed by atoms with E-state index in [1.807, 2.05) is 6.07 Å². The SMILES string of the molecule is CC(C)CCNc1ccnc(N2CCC(=O)CC2)n1. The van der Waals surface area contributed by atoms with Crippen LogP contribution in [0.3, 0.4) is 0 Å². The highest BCUT2D eigenvalue weighted by Crippen LogP contribution is 2.15. The molecule has 0 aliphatic carbocycles. The summed E-state index contributed by atoms with van der Waals surface area (Å²) in [5.74, 6) is 2.61. The zero-order chi connectivity index (χ0) is 13.7. The first-order valence-corrected chi connectivity index (χ1v) is 6.98. The molecule has 0 bridgehead atoms. The molecule has 1 aliphatic rings. The number of nitrogens with zero attached hydrogens (tertiary/aromatic N) is 3. The normalized spacial score (nSPS) is 15.9. The number of carbonyl (C=O) groups excluding carboxylic acids is 1. The number of carbonyl (C=O) groups is 1. The molecule has 19 heavy (non-hydrogen) atoms. The third-order valence-corrected chi connectivity index (χ3v) is 3.27. The fourth-order valence-corrected chi connectivity index (χ4v) is 2.04. The van der Waals surface area contributed by atoms with E-state index in [0.29, 0.717) is 24.5 Å². The van der Waals surface area contributed by atoms with Crippen LogP contribution in [-0.4, -0.2) is 35.4 Å². The van der Waals surface area contributed by atoms with E-state index in [2.05, 4.69) is 34.0 Å². The molecule has 1 saturated heterocycles. The molecule has 1 aliphatic heterocycles. The van der Waals surface area contributed by atoms with E-state index < -0.39 is 0 Å². The van der Waals surface area contributed by atoms with Crippen molar-refractivity contribution in [3.8, 4) is 0 Å². The van der Waals surface area contributed by atoms with Crippen molar-refractivity contribution in [1.29, 1.82) is 0 Å². The number of rotatable bonds is 5. The summed E-state index contributed by atoms with van der Waals surface area (Å²) in [6, 6.07) is 1.89. The van der Waals surface area contributed by atoms with Crippen molar-refractivity contribution in [2.45, 2.75) is 33.1 Å². The molecule has 2 rings (SSSR count). The number of ketones is 1. The standard InChI is InChI=1S/C14H22N4O/c1-11(2)3-7-15-13-4-8-16-14(17-13)18-9-5-12(19)6-10-18/h4,8,11H,3,5-7,9-10H2,1-2H3,(H,15,16,17). The summed E-state index contributed by atoms with van der Waals surface area (Å²) in [6.07, 6.45) is 4.11. The molecule has 2 heterocycles. The van der Waals surface area contributed by atoms with Gasteiger partial charge in [0.2, 0.25) is 5.95 Å². The molecular formula is C14H22N4O. The van der Waals surface area contributed by atoms with E-state index in [4.69, 9.17) is 0 Å². The van der Waals surface area contributed by atoms with E-state index in [1.54, 1.807) is 6.20 Å². The summed E-state index contributed by atoms with van der Waals surface area (Å²) in [7, 11) is 0. The lowest BCUT2D eigenvalue weighted by Gasteiger charge is -2.26. The zero-order valence-electron chi connectivity index (χ0n) is 11.7. The van der Waals surface area contributed by atoms with Gasteiger partial charge >= 0.3 is 0 Å². The van der Waals surface area contributed by atoms with Crippen LogP contribution in [0.25, 0.3) is 0 Å². The second kappa shape index (κ2) is 6.50. The summed E-state index contributed by atoms with van der Waals surface area (Å²) in [5.41, 5.74) is 0. The van der Waals surface area contributed by atoms with Crippen LogP contribution in [0.2, 0.25) is 0 Å². The zero-order valence-corrected chi connectivity index (χ0v) is 11.7. The quantitative estimate of drug-likeness (QED) is 0.880. The first-order valence-electron chi connectivity index (χ1n) is 6.98. The van der Waals surface area contributed by atoms with E-state index in [-0.39, 0.29) is 0 Å². The van der Waals surface area contributed by atoms with E-state index in [1.165, 1.54) is 0 Å². The van der Waals surface area contributed by atoms with Crippen LogP contribution < -0.4 is 10.2 Å². The smallest absolute Gasteiger partial charge is 0.227 e. The highest BCUT2D eigenvalue weighted by atomic mass is 16.1. The molecule has 0 unspecified atom stereocenters. The average Bonchev–Trinajstić information content (AvgIpc) is 2.39. The Morgan fingerprint density at radius 3 is 2.79 bits per heavy atom. The van der Waals surface area contributed by atoms with Crippen molar-refractivity contribution in [1.82, 2.24) is 9.97 Å². The Morgan fingerprint density at radius 1 is 1.37 bits per heavy atom. The third kappa shape index (κ3) is 4.19.